The topological polar surface area (TPSA) is 71.1 Å². The van der Waals surface area contributed by atoms with Gasteiger partial charge in [0.1, 0.15) is 0 Å². The van der Waals surface area contributed by atoms with Crippen LogP contribution >= 0.6 is 11.3 Å². The van der Waals surface area contributed by atoms with Crippen LogP contribution in [-0.4, -0.2) is 32.7 Å². The summed E-state index contributed by atoms with van der Waals surface area (Å²) in [4.78, 5) is 5.35. The summed E-state index contributed by atoms with van der Waals surface area (Å²) >= 11 is 1.40. The molecule has 18 heavy (non-hydrogen) atoms. The standard InChI is InChI=1S/C11H21N3O2S2/c1-4-10-9(2)17-11(13-10)14-18(15,16)8-6-5-7-12-3/h12H,4-8H2,1-3H3,(H,13,14). The first kappa shape index (κ1) is 15.4. The van der Waals surface area contributed by atoms with Crippen molar-refractivity contribution >= 4 is 26.5 Å². The number of sulfonamides is 1. The maximum absolute atomic E-state index is 11.8. The van der Waals surface area contributed by atoms with Gasteiger partial charge in [-0.3, -0.25) is 4.72 Å². The Balaban J connectivity index is 2.53. The molecule has 0 bridgehead atoms. The fourth-order valence-corrected chi connectivity index (χ4v) is 3.88. The molecular weight excluding hydrogens is 270 g/mol. The van der Waals surface area contributed by atoms with E-state index < -0.39 is 10.0 Å². The highest BCUT2D eigenvalue weighted by Crippen LogP contribution is 2.23. The predicted octanol–water partition coefficient (Wildman–Crippen LogP) is 1.76. The minimum Gasteiger partial charge on any atom is -0.320 e. The van der Waals surface area contributed by atoms with Gasteiger partial charge in [-0.25, -0.2) is 13.4 Å². The SMILES string of the molecule is CCc1nc(NS(=O)(=O)CCCCNC)sc1C. The number of hydrogen-bond donors (Lipinski definition) is 2. The molecule has 0 amide bonds. The highest BCUT2D eigenvalue weighted by molar-refractivity contribution is 7.92. The van der Waals surface area contributed by atoms with Crippen LogP contribution in [0.5, 0.6) is 0 Å². The molecule has 104 valence electrons. The van der Waals surface area contributed by atoms with Crippen molar-refractivity contribution in [1.82, 2.24) is 10.3 Å². The predicted molar refractivity (Wildman–Crippen MR) is 76.8 cm³/mol. The van der Waals surface area contributed by atoms with E-state index in [1.54, 1.807) is 0 Å². The van der Waals surface area contributed by atoms with E-state index in [1.807, 2.05) is 20.9 Å². The lowest BCUT2D eigenvalue weighted by Gasteiger charge is -2.04. The Morgan fingerprint density at radius 2 is 2.06 bits per heavy atom. The molecule has 0 aliphatic rings. The first-order valence-corrected chi connectivity index (χ1v) is 8.56. The van der Waals surface area contributed by atoms with E-state index in [1.165, 1.54) is 11.3 Å². The van der Waals surface area contributed by atoms with Crippen molar-refractivity contribution in [2.24, 2.45) is 0 Å². The van der Waals surface area contributed by atoms with Gasteiger partial charge >= 0.3 is 0 Å². The van der Waals surface area contributed by atoms with Gasteiger partial charge in [0.25, 0.3) is 0 Å². The quantitative estimate of drug-likeness (QED) is 0.716. The summed E-state index contributed by atoms with van der Waals surface area (Å²) in [6.45, 7) is 4.81. The van der Waals surface area contributed by atoms with Crippen LogP contribution in [-0.2, 0) is 16.4 Å². The summed E-state index contributed by atoms with van der Waals surface area (Å²) in [5.74, 6) is 0.148. The average molecular weight is 291 g/mol. The lowest BCUT2D eigenvalue weighted by atomic mass is 10.3. The average Bonchev–Trinajstić information content (AvgIpc) is 2.64. The zero-order valence-electron chi connectivity index (χ0n) is 11.1. The van der Waals surface area contributed by atoms with Crippen LogP contribution in [0.3, 0.4) is 0 Å². The Kier molecular flexibility index (Phi) is 6.04. The van der Waals surface area contributed by atoms with Crippen LogP contribution in [0, 0.1) is 6.92 Å². The number of hydrogen-bond acceptors (Lipinski definition) is 5. The van der Waals surface area contributed by atoms with Gasteiger partial charge in [-0.05, 0) is 39.8 Å². The molecular formula is C11H21N3O2S2. The van der Waals surface area contributed by atoms with Crippen LogP contribution in [0.25, 0.3) is 0 Å². The second-order valence-electron chi connectivity index (χ2n) is 4.11. The third kappa shape index (κ3) is 4.91. The second-order valence-corrected chi connectivity index (χ2v) is 7.15. The van der Waals surface area contributed by atoms with Crippen LogP contribution in [0.15, 0.2) is 0 Å². The molecule has 1 heterocycles. The highest BCUT2D eigenvalue weighted by Gasteiger charge is 2.13. The van der Waals surface area contributed by atoms with Crippen molar-refractivity contribution < 1.29 is 8.42 Å². The zero-order valence-corrected chi connectivity index (χ0v) is 12.7. The van der Waals surface area contributed by atoms with Crippen molar-refractivity contribution in [3.8, 4) is 0 Å². The zero-order chi connectivity index (χ0) is 13.6. The van der Waals surface area contributed by atoms with E-state index in [4.69, 9.17) is 0 Å². The number of aromatic nitrogens is 1. The van der Waals surface area contributed by atoms with Gasteiger partial charge in [-0.2, -0.15) is 0 Å². The minimum atomic E-state index is -3.26. The molecule has 0 aliphatic carbocycles. The van der Waals surface area contributed by atoms with Crippen molar-refractivity contribution in [2.45, 2.75) is 33.1 Å². The largest absolute Gasteiger partial charge is 0.320 e. The summed E-state index contributed by atoms with van der Waals surface area (Å²) in [7, 11) is -1.40. The van der Waals surface area contributed by atoms with E-state index in [0.29, 0.717) is 11.6 Å². The molecule has 1 aromatic rings. The van der Waals surface area contributed by atoms with Gasteiger partial charge in [0.15, 0.2) is 5.13 Å². The van der Waals surface area contributed by atoms with Crippen LogP contribution in [0.1, 0.15) is 30.3 Å². The van der Waals surface area contributed by atoms with E-state index in [9.17, 15) is 8.42 Å². The van der Waals surface area contributed by atoms with E-state index in [2.05, 4.69) is 15.0 Å². The molecule has 5 nitrogen and oxygen atoms in total. The first-order chi connectivity index (χ1) is 8.48. The molecule has 0 atom stereocenters. The summed E-state index contributed by atoms with van der Waals surface area (Å²) in [6.07, 6.45) is 2.34. The Hall–Kier alpha value is -0.660. The maximum atomic E-state index is 11.8. The Morgan fingerprint density at radius 3 is 2.61 bits per heavy atom. The van der Waals surface area contributed by atoms with Crippen molar-refractivity contribution in [3.63, 3.8) is 0 Å². The molecule has 0 spiro atoms. The van der Waals surface area contributed by atoms with E-state index in [-0.39, 0.29) is 5.75 Å². The smallest absolute Gasteiger partial charge is 0.234 e. The molecule has 1 rings (SSSR count). The Bertz CT molecular complexity index is 469. The molecule has 0 radical (unpaired) electrons. The fraction of sp³-hybridized carbons (Fsp3) is 0.727. The van der Waals surface area contributed by atoms with Crippen molar-refractivity contribution in [3.05, 3.63) is 10.6 Å². The van der Waals surface area contributed by atoms with Crippen LogP contribution in [0.4, 0.5) is 5.13 Å². The lowest BCUT2D eigenvalue weighted by Crippen LogP contribution is -2.18. The van der Waals surface area contributed by atoms with Gasteiger partial charge < -0.3 is 5.32 Å². The summed E-state index contributed by atoms with van der Waals surface area (Å²) in [6, 6.07) is 0. The number of anilines is 1. The number of unbranched alkanes of at least 4 members (excludes halogenated alkanes) is 1. The summed E-state index contributed by atoms with van der Waals surface area (Å²) in [5, 5.41) is 3.48. The molecule has 0 aliphatic heterocycles. The third-order valence-corrected chi connectivity index (χ3v) is 4.95. The Morgan fingerprint density at radius 1 is 1.33 bits per heavy atom. The molecule has 0 saturated heterocycles. The summed E-state index contributed by atoms with van der Waals surface area (Å²) < 4.78 is 26.2. The van der Waals surface area contributed by atoms with Gasteiger partial charge in [0.2, 0.25) is 10.0 Å². The number of aryl methyl sites for hydroxylation is 2. The van der Waals surface area contributed by atoms with Gasteiger partial charge in [0, 0.05) is 4.88 Å². The molecule has 0 aromatic carbocycles. The third-order valence-electron chi connectivity index (χ3n) is 2.56. The number of nitrogens with one attached hydrogen (secondary N) is 2. The van der Waals surface area contributed by atoms with Gasteiger partial charge in [0.05, 0.1) is 11.4 Å². The number of rotatable bonds is 8. The molecule has 0 unspecified atom stereocenters. The fourth-order valence-electron chi connectivity index (χ4n) is 1.58. The molecule has 1 aromatic heterocycles. The first-order valence-electron chi connectivity index (χ1n) is 6.10. The highest BCUT2D eigenvalue weighted by atomic mass is 32.2. The minimum absolute atomic E-state index is 0.148. The lowest BCUT2D eigenvalue weighted by molar-refractivity contribution is 0.595. The van der Waals surface area contributed by atoms with Crippen molar-refractivity contribution in [2.75, 3.05) is 24.1 Å². The maximum Gasteiger partial charge on any atom is 0.234 e. The molecule has 0 saturated carbocycles. The van der Waals surface area contributed by atoms with Gasteiger partial charge in [-0.15, -0.1) is 11.3 Å². The van der Waals surface area contributed by atoms with Gasteiger partial charge in [-0.1, -0.05) is 6.92 Å². The monoisotopic (exact) mass is 291 g/mol. The Labute approximate surface area is 113 Å². The van der Waals surface area contributed by atoms with Crippen LogP contribution < -0.4 is 10.0 Å². The normalized spacial score (nSPS) is 11.7. The molecule has 2 N–H and O–H groups in total. The van der Waals surface area contributed by atoms with E-state index in [0.717, 1.165) is 30.0 Å². The second kappa shape index (κ2) is 7.06. The van der Waals surface area contributed by atoms with Crippen LogP contribution in [0.2, 0.25) is 0 Å². The van der Waals surface area contributed by atoms with E-state index >= 15 is 0 Å². The van der Waals surface area contributed by atoms with Crippen molar-refractivity contribution in [1.29, 1.82) is 0 Å². The number of thiazole rings is 1. The molecule has 0 fully saturated rings. The summed E-state index contributed by atoms with van der Waals surface area (Å²) in [5.41, 5.74) is 0.966. The number of nitrogens with zero attached hydrogens (tertiary/aromatic N) is 1. The molecule has 7 heteroatoms.